The van der Waals surface area contributed by atoms with Crippen LogP contribution in [0.4, 0.5) is 0 Å². The fraction of sp³-hybridized carbons (Fsp3) is 0.310. The molecule has 0 aliphatic carbocycles. The molecule has 3 rings (SSSR count). The molecule has 2 aromatic carbocycles. The Balaban J connectivity index is 2.01. The van der Waals surface area contributed by atoms with E-state index in [9.17, 15) is 14.8 Å². The van der Waals surface area contributed by atoms with Crippen LogP contribution in [-0.2, 0) is 19.1 Å². The van der Waals surface area contributed by atoms with Gasteiger partial charge in [-0.05, 0) is 62.1 Å². The lowest BCUT2D eigenvalue weighted by atomic mass is 9.82. The Morgan fingerprint density at radius 1 is 0.917 bits per heavy atom. The first-order valence-corrected chi connectivity index (χ1v) is 12.0. The molecule has 3 aromatic rings. The molecule has 0 amide bonds. The topological polar surface area (TPSA) is 98.1 Å². The molecular weight excluding hydrogens is 456 g/mol. The molecule has 188 valence electrons. The Bertz CT molecular complexity index is 1200. The third-order valence-electron chi connectivity index (χ3n) is 6.03. The molecule has 0 aliphatic rings. The normalized spacial score (nSPS) is 12.3. The van der Waals surface area contributed by atoms with Gasteiger partial charge in [0.05, 0.1) is 18.9 Å². The lowest BCUT2D eigenvalue weighted by Gasteiger charge is -2.22. The summed E-state index contributed by atoms with van der Waals surface area (Å²) in [7, 11) is 0. The SMILES string of the molecule is CCOC(=O)C(C(=O)OCC)c1ccc([C@H](C/C(=N\O)c2ccnc(C)c2)c2ccccc2C)cc1. The number of rotatable bonds is 10. The number of esters is 2. The average molecular weight is 489 g/mol. The van der Waals surface area contributed by atoms with E-state index in [0.29, 0.717) is 17.7 Å². The predicted molar refractivity (Wildman–Crippen MR) is 137 cm³/mol. The molecule has 1 N–H and O–H groups in total. The monoisotopic (exact) mass is 488 g/mol. The standard InChI is InChI=1S/C29H32N2O5/c1-5-35-28(32)27(29(33)36-6-2)22-13-11-21(12-14-22)25(24-10-8-7-9-19(24)3)18-26(31-34)23-15-16-30-20(4)17-23/h7-17,25,27,34H,5-6,18H2,1-4H3/b31-26+/t25-/m0/s1. The third-order valence-corrected chi connectivity index (χ3v) is 6.03. The molecule has 0 saturated heterocycles. The van der Waals surface area contributed by atoms with Gasteiger partial charge in [-0.3, -0.25) is 14.6 Å². The molecule has 0 unspecified atom stereocenters. The smallest absolute Gasteiger partial charge is 0.324 e. The van der Waals surface area contributed by atoms with Crippen molar-refractivity contribution in [3.8, 4) is 0 Å². The largest absolute Gasteiger partial charge is 0.465 e. The number of oxime groups is 1. The Morgan fingerprint density at radius 3 is 2.08 bits per heavy atom. The number of pyridine rings is 1. The zero-order chi connectivity index (χ0) is 26.1. The van der Waals surface area contributed by atoms with Gasteiger partial charge in [-0.1, -0.05) is 53.7 Å². The highest BCUT2D eigenvalue weighted by Gasteiger charge is 2.31. The molecule has 1 atom stereocenters. The summed E-state index contributed by atoms with van der Waals surface area (Å²) in [5, 5.41) is 13.5. The fourth-order valence-corrected chi connectivity index (χ4v) is 4.26. The van der Waals surface area contributed by atoms with Crippen molar-refractivity contribution < 1.29 is 24.3 Å². The average Bonchev–Trinajstić information content (AvgIpc) is 2.86. The van der Waals surface area contributed by atoms with E-state index in [-0.39, 0.29) is 19.1 Å². The summed E-state index contributed by atoms with van der Waals surface area (Å²) in [6, 6.07) is 19.1. The number of carbonyl (C=O) groups excluding carboxylic acids is 2. The van der Waals surface area contributed by atoms with Crippen LogP contribution < -0.4 is 0 Å². The van der Waals surface area contributed by atoms with Crippen molar-refractivity contribution in [3.05, 3.63) is 100 Å². The van der Waals surface area contributed by atoms with E-state index in [2.05, 4.69) is 16.2 Å². The van der Waals surface area contributed by atoms with Gasteiger partial charge in [-0.15, -0.1) is 0 Å². The first-order valence-electron chi connectivity index (χ1n) is 12.0. The fourth-order valence-electron chi connectivity index (χ4n) is 4.26. The van der Waals surface area contributed by atoms with E-state index < -0.39 is 17.9 Å². The van der Waals surface area contributed by atoms with Gasteiger partial charge < -0.3 is 14.7 Å². The lowest BCUT2D eigenvalue weighted by molar-refractivity contribution is -0.156. The van der Waals surface area contributed by atoms with Gasteiger partial charge in [-0.2, -0.15) is 0 Å². The quantitative estimate of drug-likeness (QED) is 0.137. The van der Waals surface area contributed by atoms with Crippen molar-refractivity contribution in [2.75, 3.05) is 13.2 Å². The summed E-state index contributed by atoms with van der Waals surface area (Å²) in [6.07, 6.45) is 2.13. The van der Waals surface area contributed by atoms with Crippen LogP contribution in [-0.4, -0.2) is 41.1 Å². The van der Waals surface area contributed by atoms with Gasteiger partial charge in [0, 0.05) is 29.8 Å². The first-order chi connectivity index (χ1) is 17.4. The number of aryl methyl sites for hydroxylation is 2. The van der Waals surface area contributed by atoms with Crippen LogP contribution in [0.3, 0.4) is 0 Å². The van der Waals surface area contributed by atoms with Gasteiger partial charge in [0.15, 0.2) is 5.92 Å². The molecule has 1 aromatic heterocycles. The summed E-state index contributed by atoms with van der Waals surface area (Å²) >= 11 is 0. The van der Waals surface area contributed by atoms with Crippen molar-refractivity contribution in [2.45, 2.75) is 46.0 Å². The number of aromatic nitrogens is 1. The van der Waals surface area contributed by atoms with Gasteiger partial charge in [0.2, 0.25) is 0 Å². The van der Waals surface area contributed by atoms with E-state index in [1.807, 2.05) is 56.3 Å². The number of nitrogens with zero attached hydrogens (tertiary/aromatic N) is 2. The molecule has 7 heteroatoms. The molecule has 0 spiro atoms. The number of hydrogen-bond acceptors (Lipinski definition) is 7. The van der Waals surface area contributed by atoms with Crippen molar-refractivity contribution in [3.63, 3.8) is 0 Å². The zero-order valence-corrected chi connectivity index (χ0v) is 21.1. The van der Waals surface area contributed by atoms with E-state index in [4.69, 9.17) is 9.47 Å². The molecule has 0 saturated carbocycles. The van der Waals surface area contributed by atoms with Crippen LogP contribution >= 0.6 is 0 Å². The molecule has 0 aliphatic heterocycles. The number of benzene rings is 2. The summed E-state index contributed by atoms with van der Waals surface area (Å²) in [5.74, 6) is -2.56. The third kappa shape index (κ3) is 6.36. The van der Waals surface area contributed by atoms with Gasteiger partial charge in [0.25, 0.3) is 0 Å². The van der Waals surface area contributed by atoms with Gasteiger partial charge >= 0.3 is 11.9 Å². The lowest BCUT2D eigenvalue weighted by Crippen LogP contribution is -2.26. The number of carbonyl (C=O) groups is 2. The molecule has 0 fully saturated rings. The predicted octanol–water partition coefficient (Wildman–Crippen LogP) is 5.31. The maximum Gasteiger partial charge on any atom is 0.324 e. The molecule has 0 bridgehead atoms. The van der Waals surface area contributed by atoms with Crippen LogP contribution in [0.15, 0.2) is 72.0 Å². The second kappa shape index (κ2) is 12.6. The Morgan fingerprint density at radius 2 is 1.53 bits per heavy atom. The Hall–Kier alpha value is -4.00. The van der Waals surface area contributed by atoms with Crippen LogP contribution in [0.5, 0.6) is 0 Å². The van der Waals surface area contributed by atoms with Gasteiger partial charge in [-0.25, -0.2) is 0 Å². The van der Waals surface area contributed by atoms with Crippen LogP contribution in [0.1, 0.15) is 65.6 Å². The van der Waals surface area contributed by atoms with Crippen molar-refractivity contribution in [1.29, 1.82) is 0 Å². The maximum atomic E-state index is 12.5. The molecule has 7 nitrogen and oxygen atoms in total. The van der Waals surface area contributed by atoms with E-state index in [1.54, 1.807) is 32.2 Å². The second-order valence-corrected chi connectivity index (χ2v) is 8.45. The summed E-state index contributed by atoms with van der Waals surface area (Å²) < 4.78 is 10.3. The molecule has 1 heterocycles. The highest BCUT2D eigenvalue weighted by Crippen LogP contribution is 2.33. The van der Waals surface area contributed by atoms with Crippen LogP contribution in [0, 0.1) is 13.8 Å². The maximum absolute atomic E-state index is 12.5. The number of hydrogen-bond donors (Lipinski definition) is 1. The Kier molecular flexibility index (Phi) is 9.33. The van der Waals surface area contributed by atoms with E-state index in [0.717, 1.165) is 27.9 Å². The number of ether oxygens (including phenoxy) is 2. The summed E-state index contributed by atoms with van der Waals surface area (Å²) in [4.78, 5) is 29.3. The van der Waals surface area contributed by atoms with E-state index >= 15 is 0 Å². The molecule has 36 heavy (non-hydrogen) atoms. The highest BCUT2D eigenvalue weighted by atomic mass is 16.6. The summed E-state index contributed by atoms with van der Waals surface area (Å²) in [6.45, 7) is 7.65. The summed E-state index contributed by atoms with van der Waals surface area (Å²) in [5.41, 5.74) is 5.80. The molecular formula is C29H32N2O5. The van der Waals surface area contributed by atoms with Gasteiger partial charge in [0.1, 0.15) is 0 Å². The van der Waals surface area contributed by atoms with Crippen LogP contribution in [0.2, 0.25) is 0 Å². The minimum atomic E-state index is -1.15. The zero-order valence-electron chi connectivity index (χ0n) is 21.1. The van der Waals surface area contributed by atoms with E-state index in [1.165, 1.54) is 0 Å². The highest BCUT2D eigenvalue weighted by molar-refractivity contribution is 6.01. The second-order valence-electron chi connectivity index (χ2n) is 8.45. The van der Waals surface area contributed by atoms with Crippen molar-refractivity contribution >= 4 is 17.7 Å². The Labute approximate surface area is 211 Å². The van der Waals surface area contributed by atoms with Crippen molar-refractivity contribution in [1.82, 2.24) is 4.98 Å². The van der Waals surface area contributed by atoms with Crippen LogP contribution in [0.25, 0.3) is 0 Å². The van der Waals surface area contributed by atoms with Crippen molar-refractivity contribution in [2.24, 2.45) is 5.16 Å². The minimum Gasteiger partial charge on any atom is -0.465 e. The first kappa shape index (κ1) is 26.6. The molecule has 0 radical (unpaired) electrons. The minimum absolute atomic E-state index is 0.136.